The minimum absolute atomic E-state index is 0.0832. The lowest BCUT2D eigenvalue weighted by atomic mass is 9.84. The van der Waals surface area contributed by atoms with E-state index in [0.29, 0.717) is 24.4 Å². The van der Waals surface area contributed by atoms with Gasteiger partial charge in [0.1, 0.15) is 6.04 Å². The van der Waals surface area contributed by atoms with Crippen LogP contribution in [0.4, 0.5) is 0 Å². The van der Waals surface area contributed by atoms with Crippen LogP contribution in [0, 0.1) is 5.92 Å². The molecular formula is C20H23N3O2. The summed E-state index contributed by atoms with van der Waals surface area (Å²) in [7, 11) is 0. The SMILES string of the molecule is CC1CCc2nc3ccccc3c(C(=O)NC3CCCNC3=O)c2C1. The van der Waals surface area contributed by atoms with Crippen LogP contribution >= 0.6 is 0 Å². The summed E-state index contributed by atoms with van der Waals surface area (Å²) in [5.74, 6) is 0.311. The Morgan fingerprint density at radius 3 is 2.96 bits per heavy atom. The normalized spacial score (nSPS) is 23.0. The maximum Gasteiger partial charge on any atom is 0.252 e. The van der Waals surface area contributed by atoms with Gasteiger partial charge in [0.2, 0.25) is 5.91 Å². The largest absolute Gasteiger partial charge is 0.354 e. The second kappa shape index (κ2) is 6.47. The van der Waals surface area contributed by atoms with Crippen LogP contribution in [-0.2, 0) is 17.6 Å². The van der Waals surface area contributed by atoms with Crippen LogP contribution in [0.2, 0.25) is 0 Å². The van der Waals surface area contributed by atoms with Crippen molar-refractivity contribution in [1.82, 2.24) is 15.6 Å². The van der Waals surface area contributed by atoms with E-state index in [2.05, 4.69) is 17.6 Å². The highest BCUT2D eigenvalue weighted by Crippen LogP contribution is 2.31. The number of rotatable bonds is 2. The Morgan fingerprint density at radius 2 is 2.12 bits per heavy atom. The van der Waals surface area contributed by atoms with Crippen LogP contribution in [0.15, 0.2) is 24.3 Å². The molecule has 2 amide bonds. The highest BCUT2D eigenvalue weighted by Gasteiger charge is 2.29. The molecule has 1 aromatic heterocycles. The van der Waals surface area contributed by atoms with Crippen molar-refractivity contribution in [1.29, 1.82) is 0 Å². The van der Waals surface area contributed by atoms with E-state index in [0.717, 1.165) is 47.8 Å². The van der Waals surface area contributed by atoms with Crippen LogP contribution in [0.1, 0.15) is 47.8 Å². The van der Waals surface area contributed by atoms with E-state index in [4.69, 9.17) is 4.98 Å². The molecule has 0 bridgehead atoms. The minimum atomic E-state index is -0.440. The number of hydrogen-bond donors (Lipinski definition) is 2. The Balaban J connectivity index is 1.77. The lowest BCUT2D eigenvalue weighted by molar-refractivity contribution is -0.124. The highest BCUT2D eigenvalue weighted by atomic mass is 16.2. The molecule has 130 valence electrons. The highest BCUT2D eigenvalue weighted by molar-refractivity contribution is 6.09. The number of para-hydroxylation sites is 1. The van der Waals surface area contributed by atoms with Crippen molar-refractivity contribution in [3.63, 3.8) is 0 Å². The number of benzene rings is 1. The molecule has 1 aliphatic heterocycles. The van der Waals surface area contributed by atoms with E-state index in [1.807, 2.05) is 24.3 Å². The van der Waals surface area contributed by atoms with Gasteiger partial charge < -0.3 is 10.6 Å². The van der Waals surface area contributed by atoms with Crippen LogP contribution < -0.4 is 10.6 Å². The number of nitrogens with one attached hydrogen (secondary N) is 2. The summed E-state index contributed by atoms with van der Waals surface area (Å²) < 4.78 is 0. The van der Waals surface area contributed by atoms with Gasteiger partial charge in [-0.15, -0.1) is 0 Å². The van der Waals surface area contributed by atoms with Gasteiger partial charge in [0.25, 0.3) is 5.91 Å². The topological polar surface area (TPSA) is 71.1 Å². The van der Waals surface area contributed by atoms with E-state index in [1.165, 1.54) is 0 Å². The maximum atomic E-state index is 13.1. The van der Waals surface area contributed by atoms with Crippen LogP contribution in [0.5, 0.6) is 0 Å². The van der Waals surface area contributed by atoms with Crippen LogP contribution in [-0.4, -0.2) is 29.4 Å². The van der Waals surface area contributed by atoms with Gasteiger partial charge in [0, 0.05) is 17.6 Å². The van der Waals surface area contributed by atoms with Gasteiger partial charge in [-0.3, -0.25) is 14.6 Å². The Labute approximate surface area is 147 Å². The summed E-state index contributed by atoms with van der Waals surface area (Å²) in [6, 6.07) is 7.36. The molecule has 2 atom stereocenters. The number of pyridine rings is 1. The number of carbonyl (C=O) groups excluding carboxylic acids is 2. The minimum Gasteiger partial charge on any atom is -0.354 e. The first-order valence-corrected chi connectivity index (χ1v) is 9.12. The second-order valence-electron chi connectivity index (χ2n) is 7.24. The zero-order valence-electron chi connectivity index (χ0n) is 14.5. The number of amides is 2. The van der Waals surface area contributed by atoms with Gasteiger partial charge in [-0.1, -0.05) is 25.1 Å². The molecular weight excluding hydrogens is 314 g/mol. The smallest absolute Gasteiger partial charge is 0.252 e. The summed E-state index contributed by atoms with van der Waals surface area (Å²) >= 11 is 0. The predicted molar refractivity (Wildman–Crippen MR) is 96.4 cm³/mol. The third-order valence-corrected chi connectivity index (χ3v) is 5.32. The molecule has 1 fully saturated rings. The van der Waals surface area contributed by atoms with Crippen molar-refractivity contribution in [2.75, 3.05) is 6.54 Å². The predicted octanol–water partition coefficient (Wildman–Crippen LogP) is 2.37. The van der Waals surface area contributed by atoms with E-state index in [-0.39, 0.29) is 11.8 Å². The fraction of sp³-hybridized carbons (Fsp3) is 0.450. The number of aromatic nitrogens is 1. The average Bonchev–Trinajstić information content (AvgIpc) is 2.61. The first-order chi connectivity index (χ1) is 12.1. The molecule has 5 heteroatoms. The van der Waals surface area contributed by atoms with Gasteiger partial charge in [-0.25, -0.2) is 0 Å². The number of aryl methyl sites for hydroxylation is 1. The molecule has 2 N–H and O–H groups in total. The molecule has 5 nitrogen and oxygen atoms in total. The van der Waals surface area contributed by atoms with E-state index in [1.54, 1.807) is 0 Å². The fourth-order valence-electron chi connectivity index (χ4n) is 3.96. The Kier molecular flexibility index (Phi) is 4.15. The number of piperidine rings is 1. The standard InChI is InChI=1S/C20H23N3O2/c1-12-8-9-16-14(11-12)18(13-5-2-3-6-15(13)22-16)20(25)23-17-7-4-10-21-19(17)24/h2-3,5-6,12,17H,4,7-11H2,1H3,(H,21,24)(H,23,25). The summed E-state index contributed by atoms with van der Waals surface area (Å²) in [5, 5.41) is 6.67. The molecule has 2 unspecified atom stereocenters. The molecule has 2 heterocycles. The lowest BCUT2D eigenvalue weighted by Gasteiger charge is -2.26. The zero-order valence-corrected chi connectivity index (χ0v) is 14.5. The summed E-state index contributed by atoms with van der Waals surface area (Å²) in [6.45, 7) is 2.91. The van der Waals surface area contributed by atoms with Crippen molar-refractivity contribution in [3.8, 4) is 0 Å². The van der Waals surface area contributed by atoms with Crippen molar-refractivity contribution >= 4 is 22.7 Å². The van der Waals surface area contributed by atoms with E-state index >= 15 is 0 Å². The van der Waals surface area contributed by atoms with Gasteiger partial charge in [-0.2, -0.15) is 0 Å². The maximum absolute atomic E-state index is 13.1. The molecule has 2 aliphatic rings. The molecule has 1 aromatic carbocycles. The lowest BCUT2D eigenvalue weighted by Crippen LogP contribution is -2.50. The van der Waals surface area contributed by atoms with Crippen molar-refractivity contribution in [3.05, 3.63) is 41.1 Å². The van der Waals surface area contributed by atoms with Gasteiger partial charge >= 0.3 is 0 Å². The third kappa shape index (κ3) is 2.99. The van der Waals surface area contributed by atoms with Gasteiger partial charge in [-0.05, 0) is 49.7 Å². The third-order valence-electron chi connectivity index (χ3n) is 5.32. The Hall–Kier alpha value is -2.43. The quantitative estimate of drug-likeness (QED) is 0.884. The summed E-state index contributed by atoms with van der Waals surface area (Å²) in [6.07, 6.45) is 4.46. The number of nitrogens with zero attached hydrogens (tertiary/aromatic N) is 1. The second-order valence-corrected chi connectivity index (χ2v) is 7.24. The first-order valence-electron chi connectivity index (χ1n) is 9.12. The number of hydrogen-bond acceptors (Lipinski definition) is 3. The molecule has 2 aromatic rings. The van der Waals surface area contributed by atoms with E-state index in [9.17, 15) is 9.59 Å². The van der Waals surface area contributed by atoms with Crippen molar-refractivity contribution in [2.45, 2.75) is 45.1 Å². The number of carbonyl (C=O) groups is 2. The van der Waals surface area contributed by atoms with Gasteiger partial charge in [0.05, 0.1) is 11.1 Å². The fourth-order valence-corrected chi connectivity index (χ4v) is 3.96. The van der Waals surface area contributed by atoms with Crippen LogP contribution in [0.3, 0.4) is 0 Å². The summed E-state index contributed by atoms with van der Waals surface area (Å²) in [5.41, 5.74) is 3.67. The molecule has 0 saturated carbocycles. The average molecular weight is 337 g/mol. The summed E-state index contributed by atoms with van der Waals surface area (Å²) in [4.78, 5) is 30.0. The van der Waals surface area contributed by atoms with Crippen molar-refractivity contribution in [2.24, 2.45) is 5.92 Å². The van der Waals surface area contributed by atoms with Gasteiger partial charge in [0.15, 0.2) is 0 Å². The molecule has 1 aliphatic carbocycles. The van der Waals surface area contributed by atoms with Crippen molar-refractivity contribution < 1.29 is 9.59 Å². The van der Waals surface area contributed by atoms with Crippen LogP contribution in [0.25, 0.3) is 10.9 Å². The molecule has 1 saturated heterocycles. The molecule has 25 heavy (non-hydrogen) atoms. The zero-order chi connectivity index (χ0) is 17.4. The molecule has 4 rings (SSSR count). The first kappa shape index (κ1) is 16.1. The Morgan fingerprint density at radius 1 is 1.28 bits per heavy atom. The Bertz CT molecular complexity index is 846. The number of fused-ring (bicyclic) bond motifs is 2. The van der Waals surface area contributed by atoms with E-state index < -0.39 is 6.04 Å². The molecule has 0 spiro atoms. The monoisotopic (exact) mass is 337 g/mol. The molecule has 0 radical (unpaired) electrons.